The van der Waals surface area contributed by atoms with E-state index in [1.165, 1.54) is 0 Å². The van der Waals surface area contributed by atoms with Crippen LogP contribution in [-0.2, 0) is 0 Å². The van der Waals surface area contributed by atoms with Crippen molar-refractivity contribution < 1.29 is 9.32 Å². The highest BCUT2D eigenvalue weighted by Crippen LogP contribution is 2.19. The zero-order valence-electron chi connectivity index (χ0n) is 13.3. The lowest BCUT2D eigenvalue weighted by Crippen LogP contribution is -2.26. The highest BCUT2D eigenvalue weighted by molar-refractivity contribution is 6.30. The second kappa shape index (κ2) is 6.84. The first kappa shape index (κ1) is 16.2. The lowest BCUT2D eigenvalue weighted by atomic mass is 10.1. The van der Waals surface area contributed by atoms with Crippen molar-refractivity contribution in [3.63, 3.8) is 0 Å². The number of aromatic nitrogens is 2. The number of amides is 1. The summed E-state index contributed by atoms with van der Waals surface area (Å²) in [4.78, 5) is 16.5. The molecule has 1 aromatic heterocycles. The Hall–Kier alpha value is -2.66. The maximum Gasteiger partial charge on any atom is 0.257 e. The summed E-state index contributed by atoms with van der Waals surface area (Å²) in [6, 6.07) is 14.3. The van der Waals surface area contributed by atoms with Gasteiger partial charge in [-0.3, -0.25) is 4.79 Å². The number of hydrogen-bond acceptors (Lipinski definition) is 4. The summed E-state index contributed by atoms with van der Waals surface area (Å²) in [7, 11) is 0. The third-order valence-electron chi connectivity index (χ3n) is 3.64. The monoisotopic (exact) mass is 341 g/mol. The zero-order chi connectivity index (χ0) is 17.1. The summed E-state index contributed by atoms with van der Waals surface area (Å²) in [5, 5.41) is 7.39. The van der Waals surface area contributed by atoms with Gasteiger partial charge < -0.3 is 9.84 Å². The highest BCUT2D eigenvalue weighted by Gasteiger charge is 2.12. The van der Waals surface area contributed by atoms with Gasteiger partial charge in [0.05, 0.1) is 6.04 Å². The second-order valence-electron chi connectivity index (χ2n) is 5.47. The van der Waals surface area contributed by atoms with Crippen molar-refractivity contribution >= 4 is 17.5 Å². The van der Waals surface area contributed by atoms with Crippen LogP contribution in [0.1, 0.15) is 34.7 Å². The van der Waals surface area contributed by atoms with Gasteiger partial charge in [0, 0.05) is 16.1 Å². The first-order valence-electron chi connectivity index (χ1n) is 7.50. The molecule has 1 atom stereocenters. The van der Waals surface area contributed by atoms with Gasteiger partial charge in [-0.25, -0.2) is 0 Å². The Balaban J connectivity index is 1.69. The van der Waals surface area contributed by atoms with E-state index in [2.05, 4.69) is 15.5 Å². The van der Waals surface area contributed by atoms with Crippen LogP contribution >= 0.6 is 11.6 Å². The van der Waals surface area contributed by atoms with Gasteiger partial charge in [0.15, 0.2) is 5.82 Å². The van der Waals surface area contributed by atoms with Crippen LogP contribution in [0, 0.1) is 6.92 Å². The van der Waals surface area contributed by atoms with Crippen LogP contribution in [0.15, 0.2) is 53.1 Å². The smallest absolute Gasteiger partial charge is 0.257 e. The molecule has 3 rings (SSSR count). The lowest BCUT2D eigenvalue weighted by molar-refractivity contribution is 0.0940. The summed E-state index contributed by atoms with van der Waals surface area (Å²) in [5.41, 5.74) is 2.33. The third kappa shape index (κ3) is 3.63. The average Bonchev–Trinajstić information content (AvgIpc) is 3.02. The SMILES string of the molecule is Cc1noc(-c2ccc(C(=O)NC(C)c3ccc(Cl)cc3)cc2)n1. The molecule has 0 aliphatic rings. The number of carbonyl (C=O) groups is 1. The molecule has 5 nitrogen and oxygen atoms in total. The summed E-state index contributed by atoms with van der Waals surface area (Å²) < 4.78 is 5.11. The fraction of sp³-hybridized carbons (Fsp3) is 0.167. The second-order valence-corrected chi connectivity index (χ2v) is 5.91. The predicted molar refractivity (Wildman–Crippen MR) is 91.8 cm³/mol. The Morgan fingerprint density at radius 2 is 1.79 bits per heavy atom. The molecule has 2 aromatic carbocycles. The molecule has 0 aliphatic carbocycles. The Labute approximate surface area is 144 Å². The summed E-state index contributed by atoms with van der Waals surface area (Å²) >= 11 is 5.88. The number of aryl methyl sites for hydroxylation is 1. The van der Waals surface area contributed by atoms with Crippen molar-refractivity contribution in [1.29, 1.82) is 0 Å². The fourth-order valence-electron chi connectivity index (χ4n) is 2.29. The van der Waals surface area contributed by atoms with Crippen molar-refractivity contribution in [3.05, 3.63) is 70.5 Å². The quantitative estimate of drug-likeness (QED) is 0.772. The molecule has 24 heavy (non-hydrogen) atoms. The van der Waals surface area contributed by atoms with Gasteiger partial charge in [-0.2, -0.15) is 4.98 Å². The number of carbonyl (C=O) groups excluding carboxylic acids is 1. The molecule has 3 aromatic rings. The van der Waals surface area contributed by atoms with Gasteiger partial charge in [0.2, 0.25) is 0 Å². The molecule has 0 saturated carbocycles. The molecule has 122 valence electrons. The van der Waals surface area contributed by atoms with Crippen molar-refractivity contribution in [2.45, 2.75) is 19.9 Å². The van der Waals surface area contributed by atoms with Gasteiger partial charge in [-0.15, -0.1) is 0 Å². The maximum atomic E-state index is 12.4. The van der Waals surface area contributed by atoms with Crippen LogP contribution in [0.4, 0.5) is 0 Å². The van der Waals surface area contributed by atoms with E-state index in [9.17, 15) is 4.79 Å². The number of benzene rings is 2. The predicted octanol–water partition coefficient (Wildman–Crippen LogP) is 4.19. The van der Waals surface area contributed by atoms with Gasteiger partial charge in [0.1, 0.15) is 0 Å². The molecular formula is C18H16ClN3O2. The standard InChI is InChI=1S/C18H16ClN3O2/c1-11(13-7-9-16(19)10-8-13)20-17(23)14-3-5-15(6-4-14)18-21-12(2)22-24-18/h3-11H,1-2H3,(H,20,23). The number of hydrogen-bond donors (Lipinski definition) is 1. The largest absolute Gasteiger partial charge is 0.346 e. The molecule has 6 heteroatoms. The molecule has 0 radical (unpaired) electrons. The summed E-state index contributed by atoms with van der Waals surface area (Å²) in [6.07, 6.45) is 0. The van der Waals surface area contributed by atoms with Crippen LogP contribution in [0.25, 0.3) is 11.5 Å². The van der Waals surface area contributed by atoms with Crippen LogP contribution in [0.3, 0.4) is 0 Å². The van der Waals surface area contributed by atoms with E-state index >= 15 is 0 Å². The van der Waals surface area contributed by atoms with E-state index in [-0.39, 0.29) is 11.9 Å². The van der Waals surface area contributed by atoms with E-state index in [0.29, 0.717) is 22.3 Å². The number of halogens is 1. The van der Waals surface area contributed by atoms with Crippen molar-refractivity contribution in [1.82, 2.24) is 15.5 Å². The Bertz CT molecular complexity index is 841. The lowest BCUT2D eigenvalue weighted by Gasteiger charge is -2.14. The first-order valence-corrected chi connectivity index (χ1v) is 7.88. The van der Waals surface area contributed by atoms with Crippen LogP contribution in [0.5, 0.6) is 0 Å². The zero-order valence-corrected chi connectivity index (χ0v) is 14.0. The molecule has 1 amide bonds. The molecule has 0 spiro atoms. The average molecular weight is 342 g/mol. The van der Waals surface area contributed by atoms with E-state index < -0.39 is 0 Å². The molecule has 1 heterocycles. The van der Waals surface area contributed by atoms with Crippen molar-refractivity contribution in [2.75, 3.05) is 0 Å². The van der Waals surface area contributed by atoms with E-state index in [4.69, 9.17) is 16.1 Å². The number of nitrogens with zero attached hydrogens (tertiary/aromatic N) is 2. The molecule has 0 saturated heterocycles. The fourth-order valence-corrected chi connectivity index (χ4v) is 2.42. The van der Waals surface area contributed by atoms with Crippen LogP contribution in [0.2, 0.25) is 5.02 Å². The topological polar surface area (TPSA) is 68.0 Å². The molecule has 1 unspecified atom stereocenters. The van der Waals surface area contributed by atoms with Gasteiger partial charge >= 0.3 is 0 Å². The van der Waals surface area contributed by atoms with Crippen molar-refractivity contribution in [3.8, 4) is 11.5 Å². The van der Waals surface area contributed by atoms with Gasteiger partial charge in [-0.1, -0.05) is 28.9 Å². The molecule has 0 bridgehead atoms. The Morgan fingerprint density at radius 1 is 1.12 bits per heavy atom. The summed E-state index contributed by atoms with van der Waals surface area (Å²) in [6.45, 7) is 3.68. The van der Waals surface area contributed by atoms with Gasteiger partial charge in [-0.05, 0) is 55.8 Å². The molecular weight excluding hydrogens is 326 g/mol. The number of nitrogens with one attached hydrogen (secondary N) is 1. The summed E-state index contributed by atoms with van der Waals surface area (Å²) in [5.74, 6) is 0.864. The van der Waals surface area contributed by atoms with Crippen molar-refractivity contribution in [2.24, 2.45) is 0 Å². The van der Waals surface area contributed by atoms with E-state index in [0.717, 1.165) is 11.1 Å². The molecule has 0 aliphatic heterocycles. The maximum absolute atomic E-state index is 12.4. The first-order chi connectivity index (χ1) is 11.5. The van der Waals surface area contributed by atoms with E-state index in [1.807, 2.05) is 19.1 Å². The van der Waals surface area contributed by atoms with Crippen LogP contribution < -0.4 is 5.32 Å². The molecule has 0 fully saturated rings. The minimum Gasteiger partial charge on any atom is -0.346 e. The molecule has 1 N–H and O–H groups in total. The minimum atomic E-state index is -0.147. The Morgan fingerprint density at radius 3 is 2.38 bits per heavy atom. The Kier molecular flexibility index (Phi) is 4.62. The normalized spacial score (nSPS) is 12.0. The van der Waals surface area contributed by atoms with E-state index in [1.54, 1.807) is 43.3 Å². The highest BCUT2D eigenvalue weighted by atomic mass is 35.5. The minimum absolute atomic E-state index is 0.118. The van der Waals surface area contributed by atoms with Crippen LogP contribution in [-0.4, -0.2) is 16.0 Å². The number of rotatable bonds is 4. The third-order valence-corrected chi connectivity index (χ3v) is 3.89. The van der Waals surface area contributed by atoms with Gasteiger partial charge in [0.25, 0.3) is 11.8 Å².